The molecule has 1 saturated heterocycles. The van der Waals surface area contributed by atoms with Crippen LogP contribution in [0.1, 0.15) is 22.3 Å². The van der Waals surface area contributed by atoms with Crippen LogP contribution in [0.2, 0.25) is 0 Å². The summed E-state index contributed by atoms with van der Waals surface area (Å²) >= 11 is 0. The molecule has 1 aromatic carbocycles. The molecule has 0 spiro atoms. The molecule has 0 bridgehead atoms. The van der Waals surface area contributed by atoms with Gasteiger partial charge >= 0.3 is 0 Å². The zero-order chi connectivity index (χ0) is 18.8. The standard InChI is InChI=1S/C19H25N7/c1-12-8-14(11-26-6-4-25(3)5-7-26)13(2)15(9-12)17-16(10-20)18(21)24-19(22)23-17/h8-9H,4-7,11H2,1-3H3,(H4,21,22,23,24). The van der Waals surface area contributed by atoms with Gasteiger partial charge in [0.25, 0.3) is 0 Å². The second kappa shape index (κ2) is 7.28. The number of benzene rings is 1. The number of hydrogen-bond acceptors (Lipinski definition) is 7. The van der Waals surface area contributed by atoms with Crippen LogP contribution in [0.25, 0.3) is 11.3 Å². The molecule has 0 saturated carbocycles. The molecule has 4 N–H and O–H groups in total. The summed E-state index contributed by atoms with van der Waals surface area (Å²) in [5, 5.41) is 9.50. The molecule has 2 heterocycles. The van der Waals surface area contributed by atoms with Gasteiger partial charge in [-0.25, -0.2) is 4.98 Å². The Labute approximate surface area is 154 Å². The van der Waals surface area contributed by atoms with E-state index in [-0.39, 0.29) is 17.3 Å². The maximum atomic E-state index is 9.50. The molecule has 0 aliphatic carbocycles. The van der Waals surface area contributed by atoms with E-state index in [1.807, 2.05) is 6.07 Å². The second-order valence-electron chi connectivity index (χ2n) is 6.98. The van der Waals surface area contributed by atoms with Crippen LogP contribution >= 0.6 is 0 Å². The van der Waals surface area contributed by atoms with Gasteiger partial charge in [0, 0.05) is 38.3 Å². The van der Waals surface area contributed by atoms with Crippen LogP contribution in [0.4, 0.5) is 11.8 Å². The molecular formula is C19H25N7. The van der Waals surface area contributed by atoms with Crippen LogP contribution < -0.4 is 11.5 Å². The predicted molar refractivity (Wildman–Crippen MR) is 103 cm³/mol. The van der Waals surface area contributed by atoms with Gasteiger partial charge in [-0.15, -0.1) is 0 Å². The summed E-state index contributed by atoms with van der Waals surface area (Å²) in [4.78, 5) is 13.0. The zero-order valence-corrected chi connectivity index (χ0v) is 15.6. The summed E-state index contributed by atoms with van der Waals surface area (Å²) in [7, 11) is 2.15. The molecule has 0 radical (unpaired) electrons. The molecule has 26 heavy (non-hydrogen) atoms. The number of rotatable bonds is 3. The SMILES string of the molecule is Cc1cc(CN2CCN(C)CC2)c(C)c(-c2nc(N)nc(N)c2C#N)c1. The van der Waals surface area contributed by atoms with Gasteiger partial charge in [-0.05, 0) is 38.1 Å². The molecule has 1 aliphatic heterocycles. The third-order valence-electron chi connectivity index (χ3n) is 4.97. The lowest BCUT2D eigenvalue weighted by Gasteiger charge is -2.33. The first kappa shape index (κ1) is 18.1. The third kappa shape index (κ3) is 3.62. The monoisotopic (exact) mass is 351 g/mol. The van der Waals surface area contributed by atoms with E-state index in [9.17, 15) is 5.26 Å². The Morgan fingerprint density at radius 3 is 2.46 bits per heavy atom. The van der Waals surface area contributed by atoms with Crippen LogP contribution in [0, 0.1) is 25.2 Å². The van der Waals surface area contributed by atoms with Gasteiger partial charge in [0.15, 0.2) is 0 Å². The van der Waals surface area contributed by atoms with Crippen molar-refractivity contribution in [2.24, 2.45) is 0 Å². The summed E-state index contributed by atoms with van der Waals surface area (Å²) in [5.74, 6) is 0.203. The number of anilines is 2. The van der Waals surface area contributed by atoms with Crippen LogP contribution in [-0.4, -0.2) is 53.0 Å². The number of aryl methyl sites for hydroxylation is 1. The number of nitrogen functional groups attached to an aromatic ring is 2. The summed E-state index contributed by atoms with van der Waals surface area (Å²) in [6.07, 6.45) is 0. The zero-order valence-electron chi connectivity index (χ0n) is 15.6. The van der Waals surface area contributed by atoms with Gasteiger partial charge in [-0.1, -0.05) is 11.6 Å². The van der Waals surface area contributed by atoms with Gasteiger partial charge in [0.2, 0.25) is 5.95 Å². The lowest BCUT2D eigenvalue weighted by molar-refractivity contribution is 0.148. The Kier molecular flexibility index (Phi) is 5.07. The molecule has 1 aliphatic rings. The first-order valence-corrected chi connectivity index (χ1v) is 8.73. The average molecular weight is 351 g/mol. The lowest BCUT2D eigenvalue weighted by Crippen LogP contribution is -2.44. The fourth-order valence-corrected chi connectivity index (χ4v) is 3.39. The smallest absolute Gasteiger partial charge is 0.222 e. The number of nitrogens with zero attached hydrogens (tertiary/aromatic N) is 5. The van der Waals surface area contributed by atoms with E-state index in [4.69, 9.17) is 11.5 Å². The van der Waals surface area contributed by atoms with E-state index in [2.05, 4.69) is 52.8 Å². The van der Waals surface area contributed by atoms with Crippen molar-refractivity contribution in [1.29, 1.82) is 5.26 Å². The van der Waals surface area contributed by atoms with Crippen LogP contribution in [-0.2, 0) is 6.54 Å². The highest BCUT2D eigenvalue weighted by atomic mass is 15.2. The number of nitriles is 1. The molecule has 7 heteroatoms. The largest absolute Gasteiger partial charge is 0.382 e. The fraction of sp³-hybridized carbons (Fsp3) is 0.421. The van der Waals surface area contributed by atoms with E-state index in [1.54, 1.807) is 0 Å². The normalized spacial score (nSPS) is 15.8. The Balaban J connectivity index is 2.02. The number of piperazine rings is 1. The maximum absolute atomic E-state index is 9.50. The minimum Gasteiger partial charge on any atom is -0.382 e. The molecule has 0 amide bonds. The van der Waals surface area contributed by atoms with Gasteiger partial charge in [-0.2, -0.15) is 10.2 Å². The van der Waals surface area contributed by atoms with E-state index in [0.29, 0.717) is 5.69 Å². The van der Waals surface area contributed by atoms with Crippen molar-refractivity contribution in [2.45, 2.75) is 20.4 Å². The van der Waals surface area contributed by atoms with Crippen molar-refractivity contribution in [2.75, 3.05) is 44.7 Å². The van der Waals surface area contributed by atoms with Gasteiger partial charge in [0.05, 0.1) is 5.69 Å². The van der Waals surface area contributed by atoms with E-state index in [1.165, 1.54) is 5.56 Å². The summed E-state index contributed by atoms with van der Waals surface area (Å²) in [6, 6.07) is 6.36. The minimum atomic E-state index is 0.0815. The van der Waals surface area contributed by atoms with Gasteiger partial charge in [-0.3, -0.25) is 4.90 Å². The first-order valence-electron chi connectivity index (χ1n) is 8.73. The highest BCUT2D eigenvalue weighted by Gasteiger charge is 2.19. The predicted octanol–water partition coefficient (Wildman–Crippen LogP) is 1.54. The van der Waals surface area contributed by atoms with Gasteiger partial charge in [0.1, 0.15) is 17.5 Å². The van der Waals surface area contributed by atoms with E-state index in [0.717, 1.165) is 49.4 Å². The lowest BCUT2D eigenvalue weighted by atomic mass is 9.94. The summed E-state index contributed by atoms with van der Waals surface area (Å²) < 4.78 is 0. The van der Waals surface area contributed by atoms with Crippen molar-refractivity contribution >= 4 is 11.8 Å². The molecule has 136 valence electrons. The van der Waals surface area contributed by atoms with Crippen molar-refractivity contribution < 1.29 is 0 Å². The molecule has 7 nitrogen and oxygen atoms in total. The molecule has 0 unspecified atom stereocenters. The topological polar surface area (TPSA) is 108 Å². The maximum Gasteiger partial charge on any atom is 0.222 e. The summed E-state index contributed by atoms with van der Waals surface area (Å²) in [5.41, 5.74) is 16.8. The van der Waals surface area contributed by atoms with E-state index < -0.39 is 0 Å². The fourth-order valence-electron chi connectivity index (χ4n) is 3.39. The van der Waals surface area contributed by atoms with E-state index >= 15 is 0 Å². The Bertz CT molecular complexity index is 861. The number of hydrogen-bond donors (Lipinski definition) is 2. The Morgan fingerprint density at radius 2 is 1.81 bits per heavy atom. The van der Waals surface area contributed by atoms with Crippen molar-refractivity contribution in [3.8, 4) is 17.3 Å². The molecule has 2 aromatic rings. The highest BCUT2D eigenvalue weighted by molar-refractivity contribution is 5.76. The summed E-state index contributed by atoms with van der Waals surface area (Å²) in [6.45, 7) is 9.26. The average Bonchev–Trinajstić information content (AvgIpc) is 2.59. The van der Waals surface area contributed by atoms with Crippen molar-refractivity contribution in [1.82, 2.24) is 19.8 Å². The number of aromatic nitrogens is 2. The molecule has 0 atom stereocenters. The quantitative estimate of drug-likeness (QED) is 0.863. The third-order valence-corrected chi connectivity index (χ3v) is 4.97. The highest BCUT2D eigenvalue weighted by Crippen LogP contribution is 2.31. The Hall–Kier alpha value is -2.69. The van der Waals surface area contributed by atoms with Crippen LogP contribution in [0.3, 0.4) is 0 Å². The van der Waals surface area contributed by atoms with Crippen LogP contribution in [0.5, 0.6) is 0 Å². The number of likely N-dealkylation sites (N-methyl/N-ethyl adjacent to an activating group) is 1. The van der Waals surface area contributed by atoms with Crippen molar-refractivity contribution in [3.63, 3.8) is 0 Å². The minimum absolute atomic E-state index is 0.0815. The number of nitrogens with two attached hydrogens (primary N) is 2. The second-order valence-corrected chi connectivity index (χ2v) is 6.98. The molecule has 1 fully saturated rings. The molecular weight excluding hydrogens is 326 g/mol. The van der Waals surface area contributed by atoms with Crippen molar-refractivity contribution in [3.05, 3.63) is 34.4 Å². The molecule has 1 aromatic heterocycles. The molecule has 3 rings (SSSR count). The van der Waals surface area contributed by atoms with Gasteiger partial charge < -0.3 is 16.4 Å². The van der Waals surface area contributed by atoms with Crippen LogP contribution in [0.15, 0.2) is 12.1 Å². The first-order chi connectivity index (χ1) is 12.4. The Morgan fingerprint density at radius 1 is 1.12 bits per heavy atom.